The van der Waals surface area contributed by atoms with Crippen LogP contribution < -0.4 is 4.74 Å². The highest BCUT2D eigenvalue weighted by Crippen LogP contribution is 2.45. The minimum Gasteiger partial charge on any atom is -0.490 e. The first kappa shape index (κ1) is 19.4. The lowest BCUT2D eigenvalue weighted by atomic mass is 9.81. The van der Waals surface area contributed by atoms with Gasteiger partial charge >= 0.3 is 0 Å². The van der Waals surface area contributed by atoms with Crippen molar-refractivity contribution in [3.05, 3.63) is 65.4 Å². The first-order valence-corrected chi connectivity index (χ1v) is 11.9. The van der Waals surface area contributed by atoms with E-state index in [1.54, 1.807) is 0 Å². The van der Waals surface area contributed by atoms with Gasteiger partial charge in [-0.15, -0.1) is 0 Å². The van der Waals surface area contributed by atoms with E-state index in [-0.39, 0.29) is 5.60 Å². The van der Waals surface area contributed by atoms with Crippen LogP contribution >= 0.6 is 0 Å². The van der Waals surface area contributed by atoms with E-state index >= 15 is 0 Å². The highest BCUT2D eigenvalue weighted by Gasteiger charge is 2.43. The van der Waals surface area contributed by atoms with Crippen LogP contribution in [0, 0.1) is 6.92 Å². The molecule has 4 heteroatoms. The first-order valence-electron chi connectivity index (χ1n) is 11.9. The summed E-state index contributed by atoms with van der Waals surface area (Å²) in [5.41, 5.74) is 5.30. The van der Waals surface area contributed by atoms with E-state index in [1.165, 1.54) is 53.3 Å². The van der Waals surface area contributed by atoms with Crippen molar-refractivity contribution in [2.24, 2.45) is 0 Å². The number of nitrogens with zero attached hydrogens (tertiary/aromatic N) is 1. The Hall–Kier alpha value is -2.30. The van der Waals surface area contributed by atoms with E-state index in [4.69, 9.17) is 9.47 Å². The van der Waals surface area contributed by atoms with Gasteiger partial charge in [0.25, 0.3) is 0 Å². The Kier molecular flexibility index (Phi) is 4.81. The number of benzene rings is 2. The standard InChI is InChI=1S/C27H32N2O2/c1-19-16-25(31-21-8-9-21)23(22-10-13-28-26(19)22)18-29-14-12-27(11-5-15-30-27)17-24(29)20-6-3-2-4-7-20/h2-4,6-7,10,13,16,21,24,28H,5,8-9,11-12,14-15,17-18H2,1H3. The molecule has 1 aliphatic carbocycles. The van der Waals surface area contributed by atoms with Crippen LogP contribution in [0.3, 0.4) is 0 Å². The molecule has 2 saturated heterocycles. The number of aryl methyl sites for hydroxylation is 1. The van der Waals surface area contributed by atoms with Crippen molar-refractivity contribution in [1.29, 1.82) is 0 Å². The molecule has 3 aliphatic rings. The molecule has 0 amide bonds. The summed E-state index contributed by atoms with van der Waals surface area (Å²) in [6.45, 7) is 5.06. The molecule has 1 saturated carbocycles. The monoisotopic (exact) mass is 416 g/mol. The van der Waals surface area contributed by atoms with Crippen molar-refractivity contribution in [2.45, 2.75) is 69.7 Å². The van der Waals surface area contributed by atoms with Crippen LogP contribution in [0.4, 0.5) is 0 Å². The molecule has 2 unspecified atom stereocenters. The number of H-pyrrole nitrogens is 1. The minimum absolute atomic E-state index is 0.0705. The smallest absolute Gasteiger partial charge is 0.125 e. The molecular formula is C27H32N2O2. The normalized spacial score (nSPS) is 26.7. The topological polar surface area (TPSA) is 37.5 Å². The first-order chi connectivity index (χ1) is 15.2. The van der Waals surface area contributed by atoms with Gasteiger partial charge in [-0.1, -0.05) is 30.3 Å². The number of rotatable bonds is 5. The molecule has 3 heterocycles. The average molecular weight is 417 g/mol. The molecular weight excluding hydrogens is 384 g/mol. The molecule has 1 spiro atoms. The lowest BCUT2D eigenvalue weighted by Crippen LogP contribution is -2.45. The second-order valence-electron chi connectivity index (χ2n) is 9.74. The van der Waals surface area contributed by atoms with E-state index in [9.17, 15) is 0 Å². The third-order valence-electron chi connectivity index (χ3n) is 7.52. The van der Waals surface area contributed by atoms with Crippen LogP contribution in [0.5, 0.6) is 5.75 Å². The van der Waals surface area contributed by atoms with E-state index in [0.29, 0.717) is 12.1 Å². The van der Waals surface area contributed by atoms with Gasteiger partial charge in [0.05, 0.1) is 11.7 Å². The SMILES string of the molecule is Cc1cc(OC2CC2)c(CN2CCC3(CCCO3)CC2c2ccccc2)c2cc[nH]c12. The van der Waals surface area contributed by atoms with Crippen molar-refractivity contribution in [2.75, 3.05) is 13.2 Å². The molecule has 6 rings (SSSR count). The Bertz CT molecular complexity index is 1060. The molecule has 0 bridgehead atoms. The van der Waals surface area contributed by atoms with Gasteiger partial charge in [0, 0.05) is 48.4 Å². The number of piperidine rings is 1. The second-order valence-corrected chi connectivity index (χ2v) is 9.74. The molecule has 4 nitrogen and oxygen atoms in total. The highest BCUT2D eigenvalue weighted by molar-refractivity contribution is 5.88. The van der Waals surface area contributed by atoms with Crippen molar-refractivity contribution < 1.29 is 9.47 Å². The predicted molar refractivity (Wildman–Crippen MR) is 123 cm³/mol. The molecule has 3 fully saturated rings. The molecule has 31 heavy (non-hydrogen) atoms. The Morgan fingerprint density at radius 2 is 2.03 bits per heavy atom. The summed E-state index contributed by atoms with van der Waals surface area (Å²) >= 11 is 0. The van der Waals surface area contributed by atoms with Crippen molar-refractivity contribution in [1.82, 2.24) is 9.88 Å². The quantitative estimate of drug-likeness (QED) is 0.562. The molecule has 1 N–H and O–H groups in total. The third kappa shape index (κ3) is 3.66. The molecule has 162 valence electrons. The summed E-state index contributed by atoms with van der Waals surface area (Å²) < 4.78 is 12.8. The van der Waals surface area contributed by atoms with Crippen molar-refractivity contribution in [3.63, 3.8) is 0 Å². The zero-order valence-corrected chi connectivity index (χ0v) is 18.4. The van der Waals surface area contributed by atoms with Crippen LogP contribution in [0.2, 0.25) is 0 Å². The van der Waals surface area contributed by atoms with Crippen molar-refractivity contribution >= 4 is 10.9 Å². The molecule has 2 atom stereocenters. The molecule has 2 aromatic carbocycles. The Morgan fingerprint density at radius 3 is 2.81 bits per heavy atom. The van der Waals surface area contributed by atoms with Gasteiger partial charge in [0.1, 0.15) is 5.75 Å². The van der Waals surface area contributed by atoms with Crippen LogP contribution in [0.25, 0.3) is 10.9 Å². The van der Waals surface area contributed by atoms with Gasteiger partial charge in [0.15, 0.2) is 0 Å². The number of likely N-dealkylation sites (tertiary alicyclic amines) is 1. The van der Waals surface area contributed by atoms with Gasteiger partial charge in [-0.05, 0) is 68.7 Å². The summed E-state index contributed by atoms with van der Waals surface area (Å²) in [6, 6.07) is 15.9. The maximum atomic E-state index is 6.43. The number of ether oxygens (including phenoxy) is 2. The average Bonchev–Trinajstić information content (AvgIpc) is 3.27. The summed E-state index contributed by atoms with van der Waals surface area (Å²) in [5.74, 6) is 1.08. The van der Waals surface area contributed by atoms with Crippen LogP contribution in [0.1, 0.15) is 61.3 Å². The van der Waals surface area contributed by atoms with Crippen LogP contribution in [-0.2, 0) is 11.3 Å². The molecule has 0 radical (unpaired) electrons. The Morgan fingerprint density at radius 1 is 1.16 bits per heavy atom. The predicted octanol–water partition coefficient (Wildman–Crippen LogP) is 5.90. The maximum Gasteiger partial charge on any atom is 0.125 e. The van der Waals surface area contributed by atoms with Gasteiger partial charge in [-0.25, -0.2) is 0 Å². The third-order valence-corrected chi connectivity index (χ3v) is 7.52. The Labute approximate surface area is 184 Å². The summed E-state index contributed by atoms with van der Waals surface area (Å²) in [5, 5.41) is 1.31. The second kappa shape index (κ2) is 7.68. The fourth-order valence-electron chi connectivity index (χ4n) is 5.67. The fourth-order valence-corrected chi connectivity index (χ4v) is 5.67. The van der Waals surface area contributed by atoms with E-state index < -0.39 is 0 Å². The number of hydrogen-bond donors (Lipinski definition) is 1. The number of nitrogens with one attached hydrogen (secondary N) is 1. The van der Waals surface area contributed by atoms with Crippen LogP contribution in [-0.4, -0.2) is 34.7 Å². The zero-order valence-electron chi connectivity index (χ0n) is 18.4. The lowest BCUT2D eigenvalue weighted by molar-refractivity contribution is -0.0676. The van der Waals surface area contributed by atoms with Crippen molar-refractivity contribution in [3.8, 4) is 5.75 Å². The Balaban J connectivity index is 1.37. The summed E-state index contributed by atoms with van der Waals surface area (Å²) in [7, 11) is 0. The number of aromatic nitrogens is 1. The van der Waals surface area contributed by atoms with E-state index in [0.717, 1.165) is 38.3 Å². The molecule has 1 aromatic heterocycles. The summed E-state index contributed by atoms with van der Waals surface area (Å²) in [4.78, 5) is 6.12. The van der Waals surface area contributed by atoms with Gasteiger partial charge in [0.2, 0.25) is 0 Å². The van der Waals surface area contributed by atoms with E-state index in [1.807, 2.05) is 0 Å². The zero-order chi connectivity index (χ0) is 20.8. The lowest BCUT2D eigenvalue weighted by Gasteiger charge is -2.45. The van der Waals surface area contributed by atoms with Gasteiger partial charge in [-0.3, -0.25) is 4.90 Å². The fraction of sp³-hybridized carbons (Fsp3) is 0.481. The number of aromatic amines is 1. The molecule has 3 aromatic rings. The maximum absolute atomic E-state index is 6.43. The number of fused-ring (bicyclic) bond motifs is 1. The van der Waals surface area contributed by atoms with Crippen LogP contribution in [0.15, 0.2) is 48.7 Å². The van der Waals surface area contributed by atoms with Gasteiger partial charge < -0.3 is 14.5 Å². The largest absolute Gasteiger partial charge is 0.490 e. The molecule has 2 aliphatic heterocycles. The summed E-state index contributed by atoms with van der Waals surface area (Å²) in [6.07, 6.45) is 9.43. The van der Waals surface area contributed by atoms with Gasteiger partial charge in [-0.2, -0.15) is 0 Å². The number of hydrogen-bond acceptors (Lipinski definition) is 3. The minimum atomic E-state index is 0.0705. The van der Waals surface area contributed by atoms with E-state index in [2.05, 4.69) is 65.5 Å². The highest BCUT2D eigenvalue weighted by atomic mass is 16.5.